The zero-order valence-corrected chi connectivity index (χ0v) is 88.4. The van der Waals surface area contributed by atoms with Gasteiger partial charge in [0, 0.05) is 35.8 Å². The Morgan fingerprint density at radius 3 is 0.419 bits per heavy atom. The fourth-order valence-corrected chi connectivity index (χ4v) is 14.0. The Kier molecular flexibility index (Phi) is 138. The molecule has 0 bridgehead atoms. The van der Waals surface area contributed by atoms with Gasteiger partial charge in [-0.15, -0.1) is 0 Å². The summed E-state index contributed by atoms with van der Waals surface area (Å²) in [5.74, 6) is -5.63. The van der Waals surface area contributed by atoms with Crippen molar-refractivity contribution in [2.75, 3.05) is 0 Å². The molecule has 0 aromatic rings. The maximum absolute atomic E-state index is 10.3. The van der Waals surface area contributed by atoms with Crippen molar-refractivity contribution >= 4 is 35.8 Å². The number of carboxylic acid groups (broad SMARTS) is 6. The molecule has 0 atom stereocenters. The molecule has 12 nitrogen and oxygen atoms in total. The number of allylic oxidation sites excluding steroid dienone is 36. The van der Waals surface area contributed by atoms with Gasteiger partial charge in [-0.1, -0.05) is 479 Å². The summed E-state index contributed by atoms with van der Waals surface area (Å²) in [6, 6.07) is 0. The van der Waals surface area contributed by atoms with E-state index in [2.05, 4.69) is 242 Å². The lowest BCUT2D eigenvalue weighted by Gasteiger charge is -2.03. The number of carbonyl (C=O) groups excluding carboxylic acids is 6. The third kappa shape index (κ3) is 163. The van der Waals surface area contributed by atoms with Crippen LogP contribution >= 0.6 is 0 Å². The maximum atomic E-state index is 10.3. The van der Waals surface area contributed by atoms with Crippen molar-refractivity contribution in [3.05, 3.63) is 219 Å². The monoisotopic (exact) mass is 1890 g/mol. The van der Waals surface area contributed by atoms with Gasteiger partial charge in [-0.3, -0.25) is 0 Å². The first kappa shape index (κ1) is 139. The second-order valence-corrected chi connectivity index (χ2v) is 35.6. The van der Waals surface area contributed by atoms with E-state index in [0.717, 1.165) is 161 Å². The highest BCUT2D eigenvalue weighted by Gasteiger charge is 1.99. The molecule has 0 saturated carbocycles. The molecule has 0 fully saturated rings. The molecule has 0 amide bonds. The van der Waals surface area contributed by atoms with Crippen LogP contribution in [-0.2, 0) is 28.8 Å². The van der Waals surface area contributed by atoms with Gasteiger partial charge in [-0.05, 0) is 270 Å². The Bertz CT molecular complexity index is 3060. The van der Waals surface area contributed by atoms with Crippen LogP contribution in [0.1, 0.15) is 530 Å². The average Bonchev–Trinajstić information content (AvgIpc) is 1.11. The summed E-state index contributed by atoms with van der Waals surface area (Å²) in [6.07, 6.45) is 162. The summed E-state index contributed by atoms with van der Waals surface area (Å²) in [7, 11) is 0. The fraction of sp³-hybridized carbons (Fsp3) is 0.661. The highest BCUT2D eigenvalue weighted by Crippen LogP contribution is 2.18. The first-order valence-electron chi connectivity index (χ1n) is 55.5. The smallest absolute Gasteiger partial charge is 0.0417 e. The fourth-order valence-electron chi connectivity index (χ4n) is 14.0. The molecular weight excluding hydrogens is 1680 g/mol. The number of hydrogen-bond donors (Lipinski definition) is 0. The molecular formula is C124H206O12-6. The molecule has 0 aliphatic heterocycles. The summed E-state index contributed by atoms with van der Waals surface area (Å²) in [6.45, 7) is 13.2. The predicted octanol–water partition coefficient (Wildman–Crippen LogP) is 32.2. The van der Waals surface area contributed by atoms with E-state index in [1.165, 1.54) is 270 Å². The van der Waals surface area contributed by atoms with Gasteiger partial charge in [0.05, 0.1) is 0 Å². The topological polar surface area (TPSA) is 241 Å². The highest BCUT2D eigenvalue weighted by molar-refractivity contribution is 5.65. The minimum absolute atomic E-state index is 0.0994. The highest BCUT2D eigenvalue weighted by atomic mass is 16.4. The number of hydrogen-bond acceptors (Lipinski definition) is 12. The van der Waals surface area contributed by atoms with Gasteiger partial charge in [0.1, 0.15) is 0 Å². The van der Waals surface area contributed by atoms with Crippen LogP contribution in [0.4, 0.5) is 0 Å². The largest absolute Gasteiger partial charge is 0.550 e. The molecule has 136 heavy (non-hydrogen) atoms. The maximum Gasteiger partial charge on any atom is 0.0417 e. The number of rotatable bonds is 94. The van der Waals surface area contributed by atoms with E-state index in [1.54, 1.807) is 0 Å². The first-order chi connectivity index (χ1) is 66.6. The van der Waals surface area contributed by atoms with E-state index < -0.39 is 35.8 Å². The van der Waals surface area contributed by atoms with E-state index >= 15 is 0 Å². The molecule has 0 N–H and O–H groups in total. The second-order valence-electron chi connectivity index (χ2n) is 35.6. The Morgan fingerprint density at radius 1 is 0.125 bits per heavy atom. The molecule has 0 aromatic heterocycles. The van der Waals surface area contributed by atoms with Gasteiger partial charge in [0.15, 0.2) is 0 Å². The molecule has 0 spiro atoms. The molecule has 12 heteroatoms. The van der Waals surface area contributed by atoms with Gasteiger partial charge in [0.25, 0.3) is 0 Å². The molecule has 0 unspecified atom stereocenters. The van der Waals surface area contributed by atoms with Crippen molar-refractivity contribution in [3.8, 4) is 0 Å². The second kappa shape index (κ2) is 136. The SMILES string of the molecule is CC/C=C\C/C=C\C/C=C\C/C=C\C/C=C\C/C=C\CCC(=O)[O-].CC/C=C\C/C=C\C/C=C\C/C=C\C/C=C\CCCC(=O)[O-].CC/C=C\C/C=C\C/C=C\C/C=C\CCCCC(=O)[O-].CCCCCCCC/C=C/CCCCCCCC(=O)[O-].CCCCCCCC/C=C/CCCCCCCCCCCC(=O)[O-].CCCCCCCC/C=C/CCCCCCCCCCCCCC(=O)[O-]. The lowest BCUT2D eigenvalue weighted by molar-refractivity contribution is -0.307. The van der Waals surface area contributed by atoms with Gasteiger partial charge in [-0.25, -0.2) is 0 Å². The Hall–Kier alpha value is -7.86. The van der Waals surface area contributed by atoms with Gasteiger partial charge in [0.2, 0.25) is 0 Å². The lowest BCUT2D eigenvalue weighted by Crippen LogP contribution is -2.21. The number of carbonyl (C=O) groups is 6. The normalized spacial score (nSPS) is 12.0. The van der Waals surface area contributed by atoms with Crippen LogP contribution in [-0.4, -0.2) is 35.8 Å². The standard InChI is InChI=1S/C24H46O2.C22H42O2.C22H32O2.C20H30O2.C18H34O2.C18H28O2/c1-2-3-4-5-6-7-8-9-10-11-12-13-14-15-16-17-18-19-20-21-22-23-24(25)26;2*1-2-3-4-5-6-7-8-9-10-11-12-13-14-15-16-17-18-19-20-21-22(23)24;1-2-3-4-5-6-7-8-9-10-11-12-13-14-15-16-17-18-19-20(21)22;2*1-2-3-4-5-6-7-8-9-10-11-12-13-14-15-16-17-18(19)20/h9-10H,2-8,11-23H2,1H3,(H,25,26);9-10H,2-8,11-21H2,1H3,(H,23,24);3-4,6-7,9-10,12-13,15-16,18-19H,2,5,8,11,14,17,20-21H2,1H3,(H,23,24);3-4,6-7,9-10,12-13,15-16H,2,5,8,11,14,17-19H2,1H3,(H,21,22);9-10H,2-8,11-17H2,1H3,(H,19,20);3-4,6-7,9-10,12-13H,2,5,8,11,14-17H2,1H3,(H,19,20)/p-6/b2*10-9+;4-3-,7-6-,10-9-,13-12-,16-15-,19-18-;4-3-,7-6-,10-9-,13-12-,16-15-;10-9+;4-3-,7-6-,10-9-,13-12-. The summed E-state index contributed by atoms with van der Waals surface area (Å²) >= 11 is 0. The van der Waals surface area contributed by atoms with E-state index in [1.807, 2.05) is 18.2 Å². The van der Waals surface area contributed by atoms with E-state index in [4.69, 9.17) is 0 Å². The van der Waals surface area contributed by atoms with E-state index in [0.29, 0.717) is 19.3 Å². The minimum Gasteiger partial charge on any atom is -0.550 e. The predicted molar refractivity (Wildman–Crippen MR) is 579 cm³/mol. The van der Waals surface area contributed by atoms with Crippen molar-refractivity contribution in [2.45, 2.75) is 530 Å². The third-order valence-corrected chi connectivity index (χ3v) is 22.2. The zero-order valence-electron chi connectivity index (χ0n) is 88.4. The number of carboxylic acids is 6. The quantitative estimate of drug-likeness (QED) is 0.0408. The zero-order chi connectivity index (χ0) is 101. The number of aliphatic carboxylic acids is 6. The number of unbranched alkanes of at least 4 members (excludes halogenated alkanes) is 46. The summed E-state index contributed by atoms with van der Waals surface area (Å²) in [5.41, 5.74) is 0. The Morgan fingerprint density at radius 2 is 0.243 bits per heavy atom. The molecule has 0 rings (SSSR count). The van der Waals surface area contributed by atoms with Crippen LogP contribution in [0.2, 0.25) is 0 Å². The average molecular weight is 1890 g/mol. The molecule has 0 aliphatic rings. The Labute approximate surface area is 838 Å². The van der Waals surface area contributed by atoms with Crippen molar-refractivity contribution < 1.29 is 59.4 Å². The van der Waals surface area contributed by atoms with Crippen LogP contribution in [0, 0.1) is 0 Å². The minimum atomic E-state index is -0.991. The summed E-state index contributed by atoms with van der Waals surface area (Å²) in [4.78, 5) is 61.4. The van der Waals surface area contributed by atoms with Crippen LogP contribution in [0.25, 0.3) is 0 Å². The van der Waals surface area contributed by atoms with Gasteiger partial charge in [-0.2, -0.15) is 0 Å². The first-order valence-corrected chi connectivity index (χ1v) is 55.5. The summed E-state index contributed by atoms with van der Waals surface area (Å²) in [5, 5.41) is 61.4. The third-order valence-electron chi connectivity index (χ3n) is 22.2. The van der Waals surface area contributed by atoms with Crippen molar-refractivity contribution in [2.24, 2.45) is 0 Å². The van der Waals surface area contributed by atoms with Crippen molar-refractivity contribution in [1.29, 1.82) is 0 Å². The molecule has 0 heterocycles. The summed E-state index contributed by atoms with van der Waals surface area (Å²) < 4.78 is 0. The van der Waals surface area contributed by atoms with Crippen LogP contribution in [0.15, 0.2) is 219 Å². The van der Waals surface area contributed by atoms with Gasteiger partial charge < -0.3 is 59.4 Å². The van der Waals surface area contributed by atoms with E-state index in [-0.39, 0.29) is 38.5 Å². The molecule has 0 saturated heterocycles. The van der Waals surface area contributed by atoms with Crippen LogP contribution in [0.5, 0.6) is 0 Å². The molecule has 0 aliphatic carbocycles. The van der Waals surface area contributed by atoms with Gasteiger partial charge >= 0.3 is 0 Å². The van der Waals surface area contributed by atoms with E-state index in [9.17, 15) is 59.4 Å². The Balaban J connectivity index is -0.000000374. The lowest BCUT2D eigenvalue weighted by atomic mass is 10.0. The van der Waals surface area contributed by atoms with Crippen molar-refractivity contribution in [1.82, 2.24) is 0 Å². The molecule has 0 aromatic carbocycles. The van der Waals surface area contributed by atoms with Crippen LogP contribution < -0.4 is 30.6 Å². The van der Waals surface area contributed by atoms with Crippen LogP contribution in [0.3, 0.4) is 0 Å². The molecule has 780 valence electrons. The van der Waals surface area contributed by atoms with Crippen molar-refractivity contribution in [3.63, 3.8) is 0 Å². The molecule has 0 radical (unpaired) electrons.